The van der Waals surface area contributed by atoms with Crippen molar-refractivity contribution in [2.24, 2.45) is 0 Å². The maximum Gasteiger partial charge on any atom is 0.0953 e. The molecule has 2 heteroatoms. The van der Waals surface area contributed by atoms with E-state index in [4.69, 9.17) is 0 Å². The molecule has 1 aromatic heterocycles. The smallest absolute Gasteiger partial charge is 0.0953 e. The zero-order chi connectivity index (χ0) is 14.3. The van der Waals surface area contributed by atoms with Crippen LogP contribution in [0.1, 0.15) is 18.4 Å². The van der Waals surface area contributed by atoms with Crippen LogP contribution in [0.3, 0.4) is 0 Å². The van der Waals surface area contributed by atoms with Crippen LogP contribution < -0.4 is 0 Å². The van der Waals surface area contributed by atoms with Gasteiger partial charge in [0, 0.05) is 18.3 Å². The first-order valence-corrected chi connectivity index (χ1v) is 7.53. The lowest BCUT2D eigenvalue weighted by Crippen LogP contribution is -1.95. The molecule has 0 saturated heterocycles. The molecule has 0 amide bonds. The fraction of sp³-hybridized carbons (Fsp3) is 0.211. The largest absolute Gasteiger partial charge is 0.337 e. The van der Waals surface area contributed by atoms with Crippen LogP contribution in [-0.4, -0.2) is 9.55 Å². The van der Waals surface area contributed by atoms with Gasteiger partial charge < -0.3 is 4.57 Å². The van der Waals surface area contributed by atoms with E-state index in [0.717, 1.165) is 18.7 Å². The molecule has 0 N–H and O–H groups in total. The molecule has 1 heterocycles. The summed E-state index contributed by atoms with van der Waals surface area (Å²) in [6, 6.07) is 21.0. The Morgan fingerprint density at radius 2 is 1.52 bits per heavy atom. The first-order valence-electron chi connectivity index (χ1n) is 7.53. The van der Waals surface area contributed by atoms with Crippen molar-refractivity contribution in [3.63, 3.8) is 0 Å². The van der Waals surface area contributed by atoms with Gasteiger partial charge in [0.15, 0.2) is 0 Å². The Hall–Kier alpha value is -2.35. The molecule has 0 fully saturated rings. The van der Waals surface area contributed by atoms with Gasteiger partial charge in [-0.3, -0.25) is 0 Å². The molecule has 0 radical (unpaired) electrons. The van der Waals surface area contributed by atoms with E-state index in [1.807, 2.05) is 24.5 Å². The quantitative estimate of drug-likeness (QED) is 0.603. The summed E-state index contributed by atoms with van der Waals surface area (Å²) in [5.74, 6) is 0. The highest BCUT2D eigenvalue weighted by atomic mass is 15.0. The van der Waals surface area contributed by atoms with Gasteiger partial charge in [-0.05, 0) is 24.8 Å². The predicted octanol–water partition coefficient (Wildman–Crippen LogP) is 4.57. The fourth-order valence-corrected chi connectivity index (χ4v) is 2.51. The number of hydrogen-bond acceptors (Lipinski definition) is 1. The molecule has 2 nitrogen and oxygen atoms in total. The van der Waals surface area contributed by atoms with Crippen molar-refractivity contribution < 1.29 is 0 Å². The molecule has 2 aromatic carbocycles. The Balaban J connectivity index is 1.49. The van der Waals surface area contributed by atoms with E-state index in [0.29, 0.717) is 0 Å². The minimum absolute atomic E-state index is 1.03. The van der Waals surface area contributed by atoms with Crippen LogP contribution in [0, 0.1) is 0 Å². The fourth-order valence-electron chi connectivity index (χ4n) is 2.51. The van der Waals surface area contributed by atoms with E-state index >= 15 is 0 Å². The lowest BCUT2D eigenvalue weighted by Gasteiger charge is -2.03. The van der Waals surface area contributed by atoms with Crippen LogP contribution in [0.2, 0.25) is 0 Å². The van der Waals surface area contributed by atoms with E-state index in [-0.39, 0.29) is 0 Å². The van der Waals surface area contributed by atoms with Crippen molar-refractivity contribution in [1.82, 2.24) is 9.55 Å². The third-order valence-corrected chi connectivity index (χ3v) is 3.68. The van der Waals surface area contributed by atoms with Crippen molar-refractivity contribution in [3.05, 3.63) is 78.8 Å². The topological polar surface area (TPSA) is 17.8 Å². The van der Waals surface area contributed by atoms with Gasteiger partial charge in [0.1, 0.15) is 0 Å². The number of hydrogen-bond donors (Lipinski definition) is 0. The first kappa shape index (κ1) is 13.6. The number of unbranched alkanes of at least 4 members (excludes halogenated alkanes) is 1. The van der Waals surface area contributed by atoms with E-state index in [1.54, 1.807) is 0 Å². The molecule has 21 heavy (non-hydrogen) atoms. The summed E-state index contributed by atoms with van der Waals surface area (Å²) in [6.07, 6.45) is 7.62. The van der Waals surface area contributed by atoms with Gasteiger partial charge in [0.2, 0.25) is 0 Å². The van der Waals surface area contributed by atoms with Gasteiger partial charge in [-0.2, -0.15) is 0 Å². The van der Waals surface area contributed by atoms with Crippen molar-refractivity contribution >= 4 is 0 Å². The minimum Gasteiger partial charge on any atom is -0.337 e. The molecule has 0 unspecified atom stereocenters. The average molecular weight is 276 g/mol. The van der Waals surface area contributed by atoms with Crippen molar-refractivity contribution in [3.8, 4) is 11.3 Å². The van der Waals surface area contributed by atoms with E-state index in [1.165, 1.54) is 24.0 Å². The average Bonchev–Trinajstić information content (AvgIpc) is 3.02. The van der Waals surface area contributed by atoms with Gasteiger partial charge in [0.05, 0.1) is 12.0 Å². The summed E-state index contributed by atoms with van der Waals surface area (Å²) in [7, 11) is 0. The third-order valence-electron chi connectivity index (χ3n) is 3.68. The van der Waals surface area contributed by atoms with Crippen molar-refractivity contribution in [1.29, 1.82) is 0 Å². The molecular weight excluding hydrogens is 256 g/mol. The standard InChI is InChI=1S/C19H20N2/c1-3-9-17(10-4-1)11-7-8-14-21-15-19(20-16-21)18-12-5-2-6-13-18/h1-6,9-10,12-13,15-16H,7-8,11,14H2. The Labute approximate surface area is 126 Å². The Morgan fingerprint density at radius 1 is 0.810 bits per heavy atom. The highest BCUT2D eigenvalue weighted by molar-refractivity contribution is 5.57. The predicted molar refractivity (Wildman–Crippen MR) is 87.0 cm³/mol. The zero-order valence-corrected chi connectivity index (χ0v) is 12.2. The molecule has 0 bridgehead atoms. The summed E-state index contributed by atoms with van der Waals surface area (Å²) in [6.45, 7) is 1.03. The van der Waals surface area contributed by atoms with Crippen LogP contribution in [0.5, 0.6) is 0 Å². The maximum absolute atomic E-state index is 4.49. The number of rotatable bonds is 6. The lowest BCUT2D eigenvalue weighted by atomic mass is 10.1. The maximum atomic E-state index is 4.49. The van der Waals surface area contributed by atoms with Gasteiger partial charge in [-0.15, -0.1) is 0 Å². The summed E-state index contributed by atoms with van der Waals surface area (Å²) in [5, 5.41) is 0. The molecule has 0 aliphatic rings. The monoisotopic (exact) mass is 276 g/mol. The normalized spacial score (nSPS) is 10.7. The van der Waals surface area contributed by atoms with Crippen LogP contribution in [0.25, 0.3) is 11.3 Å². The summed E-state index contributed by atoms with van der Waals surface area (Å²) < 4.78 is 2.19. The number of aryl methyl sites for hydroxylation is 2. The Bertz CT molecular complexity index is 656. The van der Waals surface area contributed by atoms with Gasteiger partial charge in [-0.25, -0.2) is 4.98 Å². The number of nitrogens with zero attached hydrogens (tertiary/aromatic N) is 2. The molecule has 3 rings (SSSR count). The Kier molecular flexibility index (Phi) is 4.47. The lowest BCUT2D eigenvalue weighted by molar-refractivity contribution is 0.609. The second-order valence-electron chi connectivity index (χ2n) is 5.31. The molecule has 0 saturated carbocycles. The third kappa shape index (κ3) is 3.82. The molecule has 0 aliphatic carbocycles. The van der Waals surface area contributed by atoms with E-state index in [9.17, 15) is 0 Å². The van der Waals surface area contributed by atoms with Crippen molar-refractivity contribution in [2.45, 2.75) is 25.8 Å². The zero-order valence-electron chi connectivity index (χ0n) is 12.2. The molecular formula is C19H20N2. The van der Waals surface area contributed by atoms with Crippen LogP contribution in [0.4, 0.5) is 0 Å². The highest BCUT2D eigenvalue weighted by Crippen LogP contribution is 2.16. The number of aromatic nitrogens is 2. The Morgan fingerprint density at radius 3 is 2.29 bits per heavy atom. The molecule has 0 atom stereocenters. The number of imidazole rings is 1. The first-order chi connectivity index (χ1) is 10.4. The highest BCUT2D eigenvalue weighted by Gasteiger charge is 2.01. The minimum atomic E-state index is 1.03. The second kappa shape index (κ2) is 6.89. The van der Waals surface area contributed by atoms with Gasteiger partial charge in [-0.1, -0.05) is 60.7 Å². The van der Waals surface area contributed by atoms with Gasteiger partial charge in [0.25, 0.3) is 0 Å². The van der Waals surface area contributed by atoms with Crippen molar-refractivity contribution in [2.75, 3.05) is 0 Å². The van der Waals surface area contributed by atoms with Crippen LogP contribution in [-0.2, 0) is 13.0 Å². The second-order valence-corrected chi connectivity index (χ2v) is 5.31. The van der Waals surface area contributed by atoms with E-state index < -0.39 is 0 Å². The van der Waals surface area contributed by atoms with Crippen LogP contribution in [0.15, 0.2) is 73.2 Å². The van der Waals surface area contributed by atoms with Gasteiger partial charge >= 0.3 is 0 Å². The summed E-state index contributed by atoms with van der Waals surface area (Å²) >= 11 is 0. The molecule has 0 aliphatic heterocycles. The molecule has 0 spiro atoms. The molecule has 106 valence electrons. The van der Waals surface area contributed by atoms with Crippen LogP contribution >= 0.6 is 0 Å². The SMILES string of the molecule is c1ccc(CCCCn2cnc(-c3ccccc3)c2)cc1. The summed E-state index contributed by atoms with van der Waals surface area (Å²) in [4.78, 5) is 4.49. The van der Waals surface area contributed by atoms with E-state index in [2.05, 4.69) is 58.2 Å². The summed E-state index contributed by atoms with van der Waals surface area (Å²) in [5.41, 5.74) is 3.66. The molecule has 3 aromatic rings. The number of benzene rings is 2.